The van der Waals surface area contributed by atoms with Crippen LogP contribution in [0.25, 0.3) is 0 Å². The molecule has 0 heterocycles. The van der Waals surface area contributed by atoms with Gasteiger partial charge in [-0.25, -0.2) is 0 Å². The van der Waals surface area contributed by atoms with E-state index in [1.54, 1.807) is 0 Å². The molecule has 0 bridgehead atoms. The summed E-state index contributed by atoms with van der Waals surface area (Å²) in [6.07, 6.45) is -0.414. The van der Waals surface area contributed by atoms with E-state index in [1.165, 1.54) is 0 Å². The van der Waals surface area contributed by atoms with Crippen molar-refractivity contribution in [2.24, 2.45) is 4.74 Å². The first kappa shape index (κ1) is 15.1. The molecule has 0 spiro atoms. The van der Waals surface area contributed by atoms with E-state index >= 15 is 0 Å². The zero-order valence-corrected chi connectivity index (χ0v) is 13.0. The maximum atomic E-state index is 5.98. The zero-order chi connectivity index (χ0) is 10.7. The summed E-state index contributed by atoms with van der Waals surface area (Å²) in [4.78, 5) is 0. The minimum absolute atomic E-state index is 0.616. The van der Waals surface area contributed by atoms with Crippen molar-refractivity contribution in [2.75, 3.05) is 0 Å². The van der Waals surface area contributed by atoms with Gasteiger partial charge in [0.1, 0.15) is 0 Å². The first-order valence-corrected chi connectivity index (χ1v) is 12.3. The van der Waals surface area contributed by atoms with Gasteiger partial charge in [-0.3, -0.25) is 0 Å². The van der Waals surface area contributed by atoms with Gasteiger partial charge in [-0.2, -0.15) is 0 Å². The molecule has 0 aromatic heterocycles. The molecule has 82 valence electrons. The number of rotatable bonds is 4. The van der Waals surface area contributed by atoms with E-state index in [0.29, 0.717) is 12.8 Å². The Morgan fingerprint density at radius 1 is 1.15 bits per heavy atom. The van der Waals surface area contributed by atoms with Crippen LogP contribution >= 0.6 is 67.9 Å². The van der Waals surface area contributed by atoms with E-state index in [2.05, 4.69) is 4.74 Å². The molecule has 1 nitrogen and oxygen atoms in total. The molecule has 0 atom stereocenters. The fraction of sp³-hybridized carbons (Fsp3) is 1.00. The summed E-state index contributed by atoms with van der Waals surface area (Å²) in [6.45, 7) is 3.86. The fourth-order valence-electron chi connectivity index (χ4n) is 1.03. The molecule has 13 heavy (non-hydrogen) atoms. The van der Waals surface area contributed by atoms with Crippen LogP contribution in [0.15, 0.2) is 4.74 Å². The van der Waals surface area contributed by atoms with Crippen LogP contribution in [0.5, 0.6) is 0 Å². The summed E-state index contributed by atoms with van der Waals surface area (Å²) < 4.78 is 4.22. The molecule has 0 amide bonds. The molecular weight excluding hydrogens is 313 g/mol. The van der Waals surface area contributed by atoms with Gasteiger partial charge in [0, 0.05) is 0 Å². The molecule has 0 aromatic rings. The molecule has 0 rings (SSSR count). The molecule has 0 aliphatic heterocycles. The summed E-state index contributed by atoms with van der Waals surface area (Å²) in [5.41, 5.74) is 0. The molecular formula is C5H12Cl5NP2. The van der Waals surface area contributed by atoms with Crippen LogP contribution in [0.2, 0.25) is 0 Å². The predicted molar refractivity (Wildman–Crippen MR) is 71.6 cm³/mol. The standard InChI is InChI=1S/C5H12Cl5NP2/c1-3-5(4-2,11-12(6)7)13(8,9)10/h12-13H,3-4H2,1-2H3. The van der Waals surface area contributed by atoms with Crippen LogP contribution in [0, 0.1) is 0 Å². The van der Waals surface area contributed by atoms with Gasteiger partial charge < -0.3 is 0 Å². The van der Waals surface area contributed by atoms with Crippen LogP contribution in [0.3, 0.4) is 0 Å². The van der Waals surface area contributed by atoms with Crippen LogP contribution in [-0.2, 0) is 0 Å². The van der Waals surface area contributed by atoms with E-state index in [1.807, 2.05) is 13.8 Å². The van der Waals surface area contributed by atoms with Crippen molar-refractivity contribution >= 4 is 67.9 Å². The molecule has 0 aliphatic rings. The van der Waals surface area contributed by atoms with Crippen LogP contribution in [-0.4, -0.2) is 5.28 Å². The van der Waals surface area contributed by atoms with E-state index in [-0.39, 0.29) is 0 Å². The number of hydrogen-bond donors (Lipinski definition) is 0. The first-order chi connectivity index (χ1) is 5.79. The second kappa shape index (κ2) is 6.00. The summed E-state index contributed by atoms with van der Waals surface area (Å²) in [5.74, 6) is 0. The normalized spacial score (nSPS) is 14.8. The Hall–Kier alpha value is 2.11. The summed E-state index contributed by atoms with van der Waals surface area (Å²) in [5, 5.41) is -3.51. The second-order valence-electron chi connectivity index (χ2n) is 2.59. The third kappa shape index (κ3) is 4.23. The molecule has 8 heteroatoms. The Bertz CT molecular complexity index is 194. The number of halogens is 5. The van der Waals surface area contributed by atoms with E-state index in [4.69, 9.17) is 56.2 Å². The zero-order valence-electron chi connectivity index (χ0n) is 7.25. The minimum atomic E-state index is -2.89. The maximum absolute atomic E-state index is 5.98. The van der Waals surface area contributed by atoms with E-state index in [9.17, 15) is 0 Å². The third-order valence-corrected chi connectivity index (χ3v) is 8.36. The van der Waals surface area contributed by atoms with Gasteiger partial charge in [-0.1, -0.05) is 0 Å². The van der Waals surface area contributed by atoms with Crippen molar-refractivity contribution in [2.45, 2.75) is 32.0 Å². The average Bonchev–Trinajstić information content (AvgIpc) is 1.97. The van der Waals surface area contributed by atoms with Gasteiger partial charge in [-0.05, 0) is 0 Å². The van der Waals surface area contributed by atoms with Crippen molar-refractivity contribution in [3.8, 4) is 0 Å². The van der Waals surface area contributed by atoms with Crippen molar-refractivity contribution < 1.29 is 0 Å². The van der Waals surface area contributed by atoms with Crippen molar-refractivity contribution in [3.05, 3.63) is 0 Å². The van der Waals surface area contributed by atoms with Gasteiger partial charge in [0.05, 0.1) is 0 Å². The molecule has 0 radical (unpaired) electrons. The van der Waals surface area contributed by atoms with Crippen LogP contribution in [0.4, 0.5) is 0 Å². The summed E-state index contributed by atoms with van der Waals surface area (Å²) in [6, 6.07) is 0. The van der Waals surface area contributed by atoms with Crippen LogP contribution in [0.1, 0.15) is 26.7 Å². The third-order valence-electron chi connectivity index (χ3n) is 2.00. The van der Waals surface area contributed by atoms with E-state index < -0.39 is 17.0 Å². The van der Waals surface area contributed by atoms with Crippen LogP contribution < -0.4 is 0 Å². The van der Waals surface area contributed by atoms with Crippen molar-refractivity contribution in [3.63, 3.8) is 0 Å². The fourth-order valence-corrected chi connectivity index (χ4v) is 8.26. The Labute approximate surface area is 104 Å². The predicted octanol–water partition coefficient (Wildman–Crippen LogP) is 6.42. The SMILES string of the molecule is CCC(CC)(N=[PH](Cl)Cl)[PH](Cl)(Cl)Cl. The summed E-state index contributed by atoms with van der Waals surface area (Å²) in [7, 11) is 0. The van der Waals surface area contributed by atoms with Crippen molar-refractivity contribution in [1.82, 2.24) is 0 Å². The Kier molecular flexibility index (Phi) is 6.97. The molecule has 0 fully saturated rings. The number of nitrogens with zero attached hydrogens (tertiary/aromatic N) is 1. The topological polar surface area (TPSA) is 12.4 Å². The van der Waals surface area contributed by atoms with E-state index in [0.717, 1.165) is 0 Å². The second-order valence-corrected chi connectivity index (χ2v) is 14.8. The monoisotopic (exact) mass is 323 g/mol. The molecule has 0 aromatic carbocycles. The van der Waals surface area contributed by atoms with Gasteiger partial charge in [0.15, 0.2) is 0 Å². The van der Waals surface area contributed by atoms with Crippen molar-refractivity contribution in [1.29, 1.82) is 0 Å². The van der Waals surface area contributed by atoms with Gasteiger partial charge in [0.2, 0.25) is 0 Å². The first-order valence-electron chi connectivity index (χ1n) is 3.76. The molecule has 0 N–H and O–H groups in total. The molecule has 0 unspecified atom stereocenters. The number of hydrogen-bond acceptors (Lipinski definition) is 1. The Morgan fingerprint density at radius 3 is 1.62 bits per heavy atom. The molecule has 0 saturated carbocycles. The Morgan fingerprint density at radius 2 is 1.54 bits per heavy atom. The van der Waals surface area contributed by atoms with Gasteiger partial charge in [0.25, 0.3) is 0 Å². The average molecular weight is 325 g/mol. The van der Waals surface area contributed by atoms with Gasteiger partial charge in [-0.15, -0.1) is 0 Å². The summed E-state index contributed by atoms with van der Waals surface area (Å²) >= 11 is 29.3. The molecule has 0 saturated heterocycles. The quantitative estimate of drug-likeness (QED) is 0.529. The molecule has 0 aliphatic carbocycles. The van der Waals surface area contributed by atoms with Gasteiger partial charge >= 0.3 is 105 Å². The Balaban J connectivity index is 5.05.